The number of thiazole rings is 1. The number of hydrogen-bond acceptors (Lipinski definition) is 4. The van der Waals surface area contributed by atoms with Gasteiger partial charge in [0.25, 0.3) is 0 Å². The molecule has 0 aromatic carbocycles. The molecule has 1 heterocycles. The molecule has 0 aliphatic heterocycles. The molecule has 0 saturated heterocycles. The van der Waals surface area contributed by atoms with Crippen LogP contribution in [0.15, 0.2) is 11.2 Å². The number of nitrogens with zero attached hydrogens (tertiary/aromatic N) is 3. The maximum absolute atomic E-state index is 11.5. The summed E-state index contributed by atoms with van der Waals surface area (Å²) < 4.78 is 0. The fourth-order valence-corrected chi connectivity index (χ4v) is 2.22. The van der Waals surface area contributed by atoms with Crippen LogP contribution in [0.3, 0.4) is 0 Å². The van der Waals surface area contributed by atoms with E-state index in [4.69, 9.17) is 0 Å². The van der Waals surface area contributed by atoms with E-state index in [2.05, 4.69) is 20.6 Å². The highest BCUT2D eigenvalue weighted by Crippen LogP contribution is 2.10. The van der Waals surface area contributed by atoms with E-state index in [1.807, 2.05) is 20.0 Å². The summed E-state index contributed by atoms with van der Waals surface area (Å²) in [6.07, 6.45) is 2.74. The molecule has 1 amide bonds. The topological polar surface area (TPSA) is 69.6 Å². The number of likely N-dealkylation sites (N-methyl/N-ethyl adjacent to an activating group) is 1. The minimum atomic E-state index is -0.0160. The third kappa shape index (κ3) is 8.20. The first kappa shape index (κ1) is 20.1. The van der Waals surface area contributed by atoms with Gasteiger partial charge in [0.2, 0.25) is 5.91 Å². The smallest absolute Gasteiger partial charge is 0.243 e. The highest BCUT2D eigenvalue weighted by atomic mass is 127. The van der Waals surface area contributed by atoms with E-state index in [1.165, 1.54) is 9.78 Å². The van der Waals surface area contributed by atoms with E-state index >= 15 is 0 Å². The summed E-state index contributed by atoms with van der Waals surface area (Å²) in [6.45, 7) is 5.70. The van der Waals surface area contributed by atoms with Gasteiger partial charge in [0, 0.05) is 44.7 Å². The molecule has 0 fully saturated rings. The van der Waals surface area contributed by atoms with Crippen LogP contribution in [-0.2, 0) is 11.2 Å². The van der Waals surface area contributed by atoms with Gasteiger partial charge in [-0.25, -0.2) is 9.98 Å². The van der Waals surface area contributed by atoms with Gasteiger partial charge in [0.15, 0.2) is 5.96 Å². The van der Waals surface area contributed by atoms with Crippen molar-refractivity contribution in [3.63, 3.8) is 0 Å². The van der Waals surface area contributed by atoms with Crippen molar-refractivity contribution < 1.29 is 4.79 Å². The van der Waals surface area contributed by atoms with Crippen molar-refractivity contribution in [2.24, 2.45) is 4.99 Å². The molecule has 120 valence electrons. The summed E-state index contributed by atoms with van der Waals surface area (Å²) >= 11 is 1.70. The standard InChI is InChI=1S/C13H23N5OS.HI/c1-5-14-13(17-9-12(19)18(3)4)15-7-6-11-16-8-10(2)20-11;/h8H,5-7,9H2,1-4H3,(H2,14,15,17);1H. The molecule has 0 aliphatic carbocycles. The maximum atomic E-state index is 11.5. The van der Waals surface area contributed by atoms with E-state index in [0.29, 0.717) is 5.96 Å². The first-order valence-electron chi connectivity index (χ1n) is 6.66. The normalized spacial score (nSPS) is 10.8. The second-order valence-electron chi connectivity index (χ2n) is 4.52. The number of hydrogen-bond donors (Lipinski definition) is 2. The zero-order chi connectivity index (χ0) is 15.0. The summed E-state index contributed by atoms with van der Waals surface area (Å²) in [6, 6.07) is 0. The van der Waals surface area contributed by atoms with Crippen molar-refractivity contribution in [2.75, 3.05) is 33.7 Å². The van der Waals surface area contributed by atoms with Gasteiger partial charge >= 0.3 is 0 Å². The molecule has 1 aromatic heterocycles. The molecule has 2 N–H and O–H groups in total. The summed E-state index contributed by atoms with van der Waals surface area (Å²) in [5, 5.41) is 7.43. The van der Waals surface area contributed by atoms with Crippen LogP contribution in [-0.4, -0.2) is 55.5 Å². The second kappa shape index (κ2) is 10.8. The number of aromatic nitrogens is 1. The van der Waals surface area contributed by atoms with E-state index in [1.54, 1.807) is 25.4 Å². The van der Waals surface area contributed by atoms with Gasteiger partial charge < -0.3 is 15.5 Å². The number of guanidine groups is 1. The third-order valence-electron chi connectivity index (χ3n) is 2.52. The average molecular weight is 425 g/mol. The van der Waals surface area contributed by atoms with Gasteiger partial charge in [-0.15, -0.1) is 35.3 Å². The fourth-order valence-electron chi connectivity index (χ4n) is 1.43. The summed E-state index contributed by atoms with van der Waals surface area (Å²) in [5.41, 5.74) is 0. The Bertz CT molecular complexity index is 461. The van der Waals surface area contributed by atoms with E-state index in [0.717, 1.165) is 24.5 Å². The van der Waals surface area contributed by atoms with Crippen LogP contribution in [0.1, 0.15) is 16.8 Å². The Balaban J connectivity index is 0.00000400. The van der Waals surface area contributed by atoms with Gasteiger partial charge in [0.1, 0.15) is 6.54 Å². The predicted molar refractivity (Wildman–Crippen MR) is 98.6 cm³/mol. The molecular formula is C13H24IN5OS. The molecule has 0 bridgehead atoms. The Labute approximate surface area is 147 Å². The zero-order valence-corrected chi connectivity index (χ0v) is 16.1. The Morgan fingerprint density at radius 1 is 1.43 bits per heavy atom. The van der Waals surface area contributed by atoms with Crippen LogP contribution >= 0.6 is 35.3 Å². The molecule has 0 saturated carbocycles. The number of aryl methyl sites for hydroxylation is 1. The Morgan fingerprint density at radius 2 is 2.14 bits per heavy atom. The lowest BCUT2D eigenvalue weighted by Crippen LogP contribution is -2.39. The highest BCUT2D eigenvalue weighted by Gasteiger charge is 2.04. The van der Waals surface area contributed by atoms with Gasteiger partial charge in [-0.1, -0.05) is 0 Å². The minimum absolute atomic E-state index is 0. The molecule has 8 heteroatoms. The summed E-state index contributed by atoms with van der Waals surface area (Å²) in [5.74, 6) is 0.647. The largest absolute Gasteiger partial charge is 0.357 e. The molecule has 0 aliphatic rings. The van der Waals surface area contributed by atoms with Crippen LogP contribution in [0.5, 0.6) is 0 Å². The Hall–Kier alpha value is -0.900. The molecule has 1 aromatic rings. The number of amides is 1. The predicted octanol–water partition coefficient (Wildman–Crippen LogP) is 1.26. The second-order valence-corrected chi connectivity index (χ2v) is 5.84. The number of nitrogens with one attached hydrogen (secondary N) is 2. The van der Waals surface area contributed by atoms with Crippen molar-refractivity contribution in [1.29, 1.82) is 0 Å². The Morgan fingerprint density at radius 3 is 2.67 bits per heavy atom. The van der Waals surface area contributed by atoms with Gasteiger partial charge in [-0.2, -0.15) is 0 Å². The molecule has 21 heavy (non-hydrogen) atoms. The fraction of sp³-hybridized carbons (Fsp3) is 0.615. The maximum Gasteiger partial charge on any atom is 0.243 e. The van der Waals surface area contributed by atoms with E-state index in [9.17, 15) is 4.79 Å². The first-order chi connectivity index (χ1) is 9.52. The van der Waals surface area contributed by atoms with E-state index < -0.39 is 0 Å². The molecule has 0 unspecified atom stereocenters. The lowest BCUT2D eigenvalue weighted by Gasteiger charge is -2.12. The quantitative estimate of drug-likeness (QED) is 0.409. The summed E-state index contributed by atoms with van der Waals surface area (Å²) in [7, 11) is 3.45. The van der Waals surface area contributed by atoms with Crippen molar-refractivity contribution in [3.8, 4) is 0 Å². The third-order valence-corrected chi connectivity index (χ3v) is 3.49. The first-order valence-corrected chi connectivity index (χ1v) is 7.48. The molecule has 0 atom stereocenters. The van der Waals surface area contributed by atoms with Crippen molar-refractivity contribution in [1.82, 2.24) is 20.5 Å². The van der Waals surface area contributed by atoms with Crippen LogP contribution < -0.4 is 10.6 Å². The lowest BCUT2D eigenvalue weighted by atomic mass is 10.4. The highest BCUT2D eigenvalue weighted by molar-refractivity contribution is 14.0. The molecule has 0 spiro atoms. The van der Waals surface area contributed by atoms with Crippen LogP contribution in [0.2, 0.25) is 0 Å². The average Bonchev–Trinajstić information content (AvgIpc) is 2.81. The van der Waals surface area contributed by atoms with Crippen LogP contribution in [0.25, 0.3) is 0 Å². The molecular weight excluding hydrogens is 401 g/mol. The number of carbonyl (C=O) groups excluding carboxylic acids is 1. The SMILES string of the molecule is CCNC(=NCC(=O)N(C)C)NCCc1ncc(C)s1.I. The Kier molecular flexibility index (Phi) is 10.3. The van der Waals surface area contributed by atoms with Gasteiger partial charge in [0.05, 0.1) is 5.01 Å². The number of rotatable bonds is 6. The zero-order valence-electron chi connectivity index (χ0n) is 13.0. The van der Waals surface area contributed by atoms with Crippen LogP contribution in [0.4, 0.5) is 0 Å². The number of carbonyl (C=O) groups is 1. The monoisotopic (exact) mass is 425 g/mol. The van der Waals surface area contributed by atoms with Crippen LogP contribution in [0, 0.1) is 6.92 Å². The molecule has 6 nitrogen and oxygen atoms in total. The van der Waals surface area contributed by atoms with Crippen molar-refractivity contribution in [2.45, 2.75) is 20.3 Å². The van der Waals surface area contributed by atoms with Crippen molar-refractivity contribution in [3.05, 3.63) is 16.1 Å². The van der Waals surface area contributed by atoms with Gasteiger partial charge in [-0.3, -0.25) is 4.79 Å². The van der Waals surface area contributed by atoms with Crippen molar-refractivity contribution >= 4 is 47.2 Å². The number of halogens is 1. The summed E-state index contributed by atoms with van der Waals surface area (Å²) in [4.78, 5) is 22.8. The van der Waals surface area contributed by atoms with E-state index in [-0.39, 0.29) is 36.4 Å². The van der Waals surface area contributed by atoms with Gasteiger partial charge in [-0.05, 0) is 13.8 Å². The minimum Gasteiger partial charge on any atom is -0.357 e. The molecule has 1 rings (SSSR count). The molecule has 0 radical (unpaired) electrons. The number of aliphatic imine (C=N–C) groups is 1. The lowest BCUT2D eigenvalue weighted by molar-refractivity contribution is -0.127.